The first-order chi connectivity index (χ1) is 17.6. The first-order valence-electron chi connectivity index (χ1n) is 10.4. The van der Waals surface area contributed by atoms with Gasteiger partial charge in [0.25, 0.3) is 36.3 Å². The molecule has 0 fully saturated rings. The Balaban J connectivity index is 1.86. The molecule has 0 bridgehead atoms. The van der Waals surface area contributed by atoms with Crippen molar-refractivity contribution in [3.8, 4) is 11.1 Å². The summed E-state index contributed by atoms with van der Waals surface area (Å²) < 4.78 is 100. The number of anilines is 2. The van der Waals surface area contributed by atoms with E-state index in [4.69, 9.17) is 5.73 Å². The molecule has 15 heteroatoms. The van der Waals surface area contributed by atoms with E-state index in [9.17, 15) is 43.7 Å². The number of benzene rings is 4. The van der Waals surface area contributed by atoms with Crippen molar-refractivity contribution < 1.29 is 43.7 Å². The Morgan fingerprint density at radius 3 is 1.68 bits per heavy atom. The van der Waals surface area contributed by atoms with Crippen LogP contribution in [0.4, 0.5) is 11.4 Å². The molecular formula is C23H18N2O10S3. The summed E-state index contributed by atoms with van der Waals surface area (Å²) in [6.45, 7) is 0. The predicted molar refractivity (Wildman–Crippen MR) is 138 cm³/mol. The fourth-order valence-electron chi connectivity index (χ4n) is 3.76. The number of nitrogens with one attached hydrogen (secondary N) is 1. The van der Waals surface area contributed by atoms with Gasteiger partial charge < -0.3 is 11.1 Å². The van der Waals surface area contributed by atoms with Crippen LogP contribution in [0, 0.1) is 0 Å². The molecule has 198 valence electrons. The van der Waals surface area contributed by atoms with Crippen LogP contribution in [0.1, 0.15) is 10.4 Å². The van der Waals surface area contributed by atoms with Crippen molar-refractivity contribution in [1.29, 1.82) is 0 Å². The van der Waals surface area contributed by atoms with Crippen molar-refractivity contribution in [3.63, 3.8) is 0 Å². The van der Waals surface area contributed by atoms with Crippen LogP contribution >= 0.6 is 0 Å². The monoisotopic (exact) mass is 578 g/mol. The van der Waals surface area contributed by atoms with Crippen molar-refractivity contribution in [2.24, 2.45) is 0 Å². The molecule has 0 aliphatic carbocycles. The normalized spacial score (nSPS) is 12.4. The Morgan fingerprint density at radius 1 is 0.658 bits per heavy atom. The maximum Gasteiger partial charge on any atom is 0.295 e. The number of hydrogen-bond acceptors (Lipinski definition) is 8. The molecule has 4 aromatic carbocycles. The number of carbonyl (C=O) groups is 1. The number of amides is 1. The fourth-order valence-corrected chi connectivity index (χ4v) is 5.80. The minimum Gasteiger partial charge on any atom is -0.399 e. The molecule has 4 aromatic rings. The van der Waals surface area contributed by atoms with Gasteiger partial charge in [-0.1, -0.05) is 24.3 Å². The Labute approximate surface area is 217 Å². The Kier molecular flexibility index (Phi) is 6.77. The van der Waals surface area contributed by atoms with Crippen LogP contribution in [0.15, 0.2) is 87.5 Å². The molecule has 0 aliphatic rings. The van der Waals surface area contributed by atoms with Gasteiger partial charge >= 0.3 is 0 Å². The van der Waals surface area contributed by atoms with E-state index < -0.39 is 61.7 Å². The number of carbonyl (C=O) groups excluding carboxylic acids is 1. The van der Waals surface area contributed by atoms with Crippen molar-refractivity contribution in [1.82, 2.24) is 0 Å². The molecule has 0 saturated heterocycles. The zero-order valence-corrected chi connectivity index (χ0v) is 21.4. The lowest BCUT2D eigenvalue weighted by atomic mass is 10.0. The highest BCUT2D eigenvalue weighted by Gasteiger charge is 2.27. The van der Waals surface area contributed by atoms with Crippen molar-refractivity contribution >= 4 is 58.4 Å². The summed E-state index contributed by atoms with van der Waals surface area (Å²) in [6.07, 6.45) is 0. The van der Waals surface area contributed by atoms with Gasteiger partial charge in [-0.3, -0.25) is 18.5 Å². The maximum atomic E-state index is 13.0. The Morgan fingerprint density at radius 2 is 1.18 bits per heavy atom. The van der Waals surface area contributed by atoms with E-state index in [-0.39, 0.29) is 11.3 Å². The molecule has 6 N–H and O–H groups in total. The summed E-state index contributed by atoms with van der Waals surface area (Å²) in [5.74, 6) is -0.769. The zero-order chi connectivity index (χ0) is 28.0. The summed E-state index contributed by atoms with van der Waals surface area (Å²) in [7, 11) is -15.4. The standard InChI is InChI=1S/C23H18N2O10S3/c24-16-7-5-14(6-8-16)13-1-3-15(4-2-13)23(26)25-19-9-10-20(37(30,31)32)18-11-17(36(27,28)29)12-21(22(18)19)38(33,34)35/h1-12H,24H2,(H,25,26)(H,27,28,29)(H,30,31,32)(H,33,34,35). The highest BCUT2D eigenvalue weighted by Crippen LogP contribution is 2.37. The van der Waals surface area contributed by atoms with Gasteiger partial charge in [-0.15, -0.1) is 0 Å². The molecule has 0 radical (unpaired) electrons. The molecular weight excluding hydrogens is 560 g/mol. The van der Waals surface area contributed by atoms with Crippen molar-refractivity contribution in [2.75, 3.05) is 11.1 Å². The molecule has 0 aliphatic heterocycles. The number of nitrogens with two attached hydrogens (primary N) is 1. The van der Waals surface area contributed by atoms with E-state index in [1.807, 2.05) is 0 Å². The van der Waals surface area contributed by atoms with Gasteiger partial charge in [0.15, 0.2) is 0 Å². The topological polar surface area (TPSA) is 218 Å². The number of fused-ring (bicyclic) bond motifs is 1. The molecule has 12 nitrogen and oxygen atoms in total. The van der Waals surface area contributed by atoms with Crippen LogP contribution in [0.3, 0.4) is 0 Å². The zero-order valence-electron chi connectivity index (χ0n) is 18.9. The van der Waals surface area contributed by atoms with Crippen LogP contribution in [0.25, 0.3) is 21.9 Å². The lowest BCUT2D eigenvalue weighted by Gasteiger charge is -2.15. The van der Waals surface area contributed by atoms with Gasteiger partial charge in [0.05, 0.1) is 10.6 Å². The predicted octanol–water partition coefficient (Wildman–Crippen LogP) is 3.08. The smallest absolute Gasteiger partial charge is 0.295 e. The minimum absolute atomic E-state index is 0.110. The Bertz CT molecular complexity index is 1920. The second-order valence-corrected chi connectivity index (χ2v) is 12.2. The molecule has 38 heavy (non-hydrogen) atoms. The maximum absolute atomic E-state index is 13.0. The average Bonchev–Trinajstić information content (AvgIpc) is 2.82. The lowest BCUT2D eigenvalue weighted by molar-refractivity contribution is 0.102. The lowest BCUT2D eigenvalue weighted by Crippen LogP contribution is -2.14. The van der Waals surface area contributed by atoms with E-state index in [0.717, 1.165) is 23.3 Å². The van der Waals surface area contributed by atoms with E-state index in [1.54, 1.807) is 36.4 Å². The second kappa shape index (κ2) is 9.46. The quantitative estimate of drug-likeness (QED) is 0.165. The summed E-state index contributed by atoms with van der Waals surface area (Å²) in [5.41, 5.74) is 7.62. The van der Waals surface area contributed by atoms with Gasteiger partial charge in [0.1, 0.15) is 9.79 Å². The number of nitrogen functional groups attached to an aromatic ring is 1. The molecule has 0 saturated carbocycles. The first kappa shape index (κ1) is 27.2. The average molecular weight is 579 g/mol. The molecule has 4 rings (SSSR count). The largest absolute Gasteiger partial charge is 0.399 e. The molecule has 0 spiro atoms. The van der Waals surface area contributed by atoms with Gasteiger partial charge in [-0.25, -0.2) is 0 Å². The van der Waals surface area contributed by atoms with Gasteiger partial charge in [0, 0.05) is 22.0 Å². The van der Waals surface area contributed by atoms with Gasteiger partial charge in [-0.05, 0) is 59.7 Å². The van der Waals surface area contributed by atoms with Crippen molar-refractivity contribution in [3.05, 3.63) is 78.4 Å². The van der Waals surface area contributed by atoms with Crippen LogP contribution in [-0.4, -0.2) is 44.8 Å². The van der Waals surface area contributed by atoms with E-state index in [0.29, 0.717) is 17.8 Å². The number of hydrogen-bond donors (Lipinski definition) is 5. The minimum atomic E-state index is -5.25. The van der Waals surface area contributed by atoms with Crippen molar-refractivity contribution in [2.45, 2.75) is 14.7 Å². The van der Waals surface area contributed by atoms with E-state index in [2.05, 4.69) is 5.32 Å². The molecule has 1 amide bonds. The third kappa shape index (κ3) is 5.52. The van der Waals surface area contributed by atoms with E-state index >= 15 is 0 Å². The van der Waals surface area contributed by atoms with Gasteiger partial charge in [-0.2, -0.15) is 25.3 Å². The second-order valence-electron chi connectivity index (χ2n) is 8.03. The summed E-state index contributed by atoms with van der Waals surface area (Å²) in [5, 5.41) is 1.07. The van der Waals surface area contributed by atoms with Crippen LogP contribution in [0.2, 0.25) is 0 Å². The highest BCUT2D eigenvalue weighted by atomic mass is 32.2. The SMILES string of the molecule is Nc1ccc(-c2ccc(C(=O)Nc3ccc(S(=O)(=O)O)c4cc(S(=O)(=O)O)cc(S(=O)(=O)O)c34)cc2)cc1. The summed E-state index contributed by atoms with van der Waals surface area (Å²) in [4.78, 5) is 9.82. The first-order valence-corrected chi connectivity index (χ1v) is 14.7. The summed E-state index contributed by atoms with van der Waals surface area (Å²) in [6, 6.07) is 15.9. The number of rotatable bonds is 6. The third-order valence-electron chi connectivity index (χ3n) is 5.50. The molecule has 0 aromatic heterocycles. The highest BCUT2D eigenvalue weighted by molar-refractivity contribution is 7.87. The third-order valence-corrected chi connectivity index (χ3v) is 8.13. The molecule has 0 heterocycles. The van der Waals surface area contributed by atoms with Crippen LogP contribution < -0.4 is 11.1 Å². The van der Waals surface area contributed by atoms with Crippen LogP contribution in [-0.2, 0) is 30.4 Å². The molecule has 0 unspecified atom stereocenters. The summed E-state index contributed by atoms with van der Waals surface area (Å²) >= 11 is 0. The Hall–Kier alpha value is -3.86. The van der Waals surface area contributed by atoms with E-state index in [1.165, 1.54) is 12.1 Å². The fraction of sp³-hybridized carbons (Fsp3) is 0. The van der Waals surface area contributed by atoms with Crippen LogP contribution in [0.5, 0.6) is 0 Å². The van der Waals surface area contributed by atoms with Gasteiger partial charge in [0.2, 0.25) is 0 Å². The molecule has 0 atom stereocenters.